The fraction of sp³-hybridized carbons (Fsp3) is 0. The predicted molar refractivity (Wildman–Crippen MR) is 148 cm³/mol. The van der Waals surface area contributed by atoms with Crippen LogP contribution in [0.3, 0.4) is 0 Å². The fourth-order valence-electron chi connectivity index (χ4n) is 5.09. The number of hydrogen-bond acceptors (Lipinski definition) is 3. The third kappa shape index (κ3) is 3.65. The van der Waals surface area contributed by atoms with E-state index in [-0.39, 0.29) is 11.1 Å². The molecule has 0 atom stereocenters. The molecule has 0 aliphatic carbocycles. The van der Waals surface area contributed by atoms with Crippen LogP contribution in [-0.2, 0) is 0 Å². The molecule has 2 aromatic heterocycles. The molecule has 0 saturated heterocycles. The molecule has 37 heavy (non-hydrogen) atoms. The van der Waals surface area contributed by atoms with Crippen molar-refractivity contribution in [2.45, 2.75) is 0 Å². The quantitative estimate of drug-likeness (QED) is 0.227. The second-order valence-corrected chi connectivity index (χ2v) is 9.25. The van der Waals surface area contributed by atoms with Crippen molar-refractivity contribution in [2.24, 2.45) is 0 Å². The van der Waals surface area contributed by atoms with Crippen molar-refractivity contribution in [1.82, 2.24) is 9.97 Å². The molecule has 3 nitrogen and oxygen atoms in total. The number of hydrogen-bond donors (Lipinski definition) is 0. The molecule has 2 heterocycles. The highest BCUT2D eigenvalue weighted by Crippen LogP contribution is 2.39. The van der Waals surface area contributed by atoms with E-state index in [0.717, 1.165) is 60.6 Å². The third-order valence-electron chi connectivity index (χ3n) is 6.72. The molecule has 5 aromatic carbocycles. The van der Waals surface area contributed by atoms with Gasteiger partial charge in [0.15, 0.2) is 0 Å². The largest absolute Gasteiger partial charge is 0.438 e. The Morgan fingerprint density at radius 1 is 0.622 bits per heavy atom. The molecule has 0 aliphatic rings. The molecule has 0 bridgehead atoms. The standard InChI is InChI=1S/C32H18ClFN2O/c33-32-35-30(29-26-10-1-2-13-27(26)37-31(29)36-32)21-16-14-19(15-17-21)24-11-4-6-20-7-5-12-25(28(20)24)22-8-3-9-23(34)18-22/h1-18H. The van der Waals surface area contributed by atoms with Crippen LogP contribution in [0, 0.1) is 5.82 Å². The minimum Gasteiger partial charge on any atom is -0.438 e. The van der Waals surface area contributed by atoms with Crippen molar-refractivity contribution < 1.29 is 8.81 Å². The van der Waals surface area contributed by atoms with Crippen LogP contribution in [0.4, 0.5) is 4.39 Å². The highest BCUT2D eigenvalue weighted by Gasteiger charge is 2.17. The van der Waals surface area contributed by atoms with Crippen LogP contribution in [-0.4, -0.2) is 9.97 Å². The fourth-order valence-corrected chi connectivity index (χ4v) is 5.25. The maximum absolute atomic E-state index is 14.1. The summed E-state index contributed by atoms with van der Waals surface area (Å²) in [4.78, 5) is 8.87. The summed E-state index contributed by atoms with van der Waals surface area (Å²) >= 11 is 6.27. The van der Waals surface area contributed by atoms with Gasteiger partial charge in [-0.2, -0.15) is 4.98 Å². The van der Waals surface area contributed by atoms with E-state index < -0.39 is 0 Å². The molecule has 176 valence electrons. The molecule has 0 saturated carbocycles. The first-order valence-electron chi connectivity index (χ1n) is 11.9. The van der Waals surface area contributed by atoms with Gasteiger partial charge in [-0.15, -0.1) is 0 Å². The minimum absolute atomic E-state index is 0.138. The number of nitrogens with zero attached hydrogens (tertiary/aromatic N) is 2. The summed E-state index contributed by atoms with van der Waals surface area (Å²) in [5, 5.41) is 4.10. The second kappa shape index (κ2) is 8.54. The molecule has 0 aliphatic heterocycles. The van der Waals surface area contributed by atoms with Crippen LogP contribution in [0.25, 0.3) is 66.4 Å². The van der Waals surface area contributed by atoms with Crippen LogP contribution in [0.2, 0.25) is 5.28 Å². The number of aromatic nitrogens is 2. The number of halogens is 2. The van der Waals surface area contributed by atoms with Gasteiger partial charge in [0.05, 0.1) is 11.1 Å². The molecule has 7 aromatic rings. The molecule has 0 amide bonds. The SMILES string of the molecule is Fc1cccc(-c2cccc3cccc(-c4ccc(-c5nc(Cl)nc6oc7ccccc7c56)cc4)c23)c1. The van der Waals surface area contributed by atoms with Gasteiger partial charge in [-0.05, 0) is 62.8 Å². The average molecular weight is 501 g/mol. The zero-order chi connectivity index (χ0) is 24.9. The first kappa shape index (κ1) is 21.7. The van der Waals surface area contributed by atoms with Gasteiger partial charge in [0.2, 0.25) is 11.0 Å². The summed E-state index contributed by atoms with van der Waals surface area (Å²) in [5.41, 5.74) is 6.81. The minimum atomic E-state index is -0.252. The van der Waals surface area contributed by atoms with Crippen LogP contribution < -0.4 is 0 Å². The highest BCUT2D eigenvalue weighted by atomic mass is 35.5. The Hall–Kier alpha value is -4.54. The summed E-state index contributed by atoms with van der Waals surface area (Å²) in [6.07, 6.45) is 0. The van der Waals surface area contributed by atoms with E-state index in [4.69, 9.17) is 16.0 Å². The molecule has 0 fully saturated rings. The van der Waals surface area contributed by atoms with Crippen LogP contribution in [0.1, 0.15) is 0 Å². The number of benzene rings is 5. The lowest BCUT2D eigenvalue weighted by Crippen LogP contribution is -1.90. The van der Waals surface area contributed by atoms with Gasteiger partial charge < -0.3 is 4.42 Å². The maximum atomic E-state index is 14.1. The summed E-state index contributed by atoms with van der Waals surface area (Å²) < 4.78 is 20.0. The summed E-state index contributed by atoms with van der Waals surface area (Å²) in [5.74, 6) is -0.252. The van der Waals surface area contributed by atoms with E-state index in [2.05, 4.69) is 40.3 Å². The zero-order valence-electron chi connectivity index (χ0n) is 19.5. The highest BCUT2D eigenvalue weighted by molar-refractivity contribution is 6.29. The van der Waals surface area contributed by atoms with Gasteiger partial charge in [-0.25, -0.2) is 9.37 Å². The van der Waals surface area contributed by atoms with Crippen LogP contribution in [0.15, 0.2) is 114 Å². The zero-order valence-corrected chi connectivity index (χ0v) is 20.2. The summed E-state index contributed by atoms with van der Waals surface area (Å²) in [7, 11) is 0. The summed E-state index contributed by atoms with van der Waals surface area (Å²) in [6, 6.07) is 35.1. The molecule has 5 heteroatoms. The first-order valence-corrected chi connectivity index (χ1v) is 12.3. The Balaban J connectivity index is 1.40. The monoisotopic (exact) mass is 500 g/mol. The summed E-state index contributed by atoms with van der Waals surface area (Å²) in [6.45, 7) is 0. The lowest BCUT2D eigenvalue weighted by Gasteiger charge is -2.13. The Morgan fingerprint density at radius 3 is 2.11 bits per heavy atom. The Labute approximate surface area is 216 Å². The van der Waals surface area contributed by atoms with Gasteiger partial charge in [-0.1, -0.05) is 91.0 Å². The number of rotatable bonds is 3. The van der Waals surface area contributed by atoms with Crippen molar-refractivity contribution in [1.29, 1.82) is 0 Å². The van der Waals surface area contributed by atoms with E-state index in [1.54, 1.807) is 12.1 Å². The molecular weight excluding hydrogens is 483 g/mol. The van der Waals surface area contributed by atoms with Gasteiger partial charge in [0.1, 0.15) is 11.4 Å². The molecule has 0 N–H and O–H groups in total. The van der Waals surface area contributed by atoms with E-state index >= 15 is 0 Å². The van der Waals surface area contributed by atoms with Gasteiger partial charge in [0.25, 0.3) is 0 Å². The normalized spacial score (nSPS) is 11.5. The molecule has 7 rings (SSSR count). The number of fused-ring (bicyclic) bond motifs is 4. The first-order chi connectivity index (χ1) is 18.2. The lowest BCUT2D eigenvalue weighted by molar-refractivity contribution is 0.628. The lowest BCUT2D eigenvalue weighted by atomic mass is 9.91. The second-order valence-electron chi connectivity index (χ2n) is 8.92. The maximum Gasteiger partial charge on any atom is 0.232 e. The number of para-hydroxylation sites is 1. The van der Waals surface area contributed by atoms with Crippen molar-refractivity contribution in [3.8, 4) is 33.5 Å². The topological polar surface area (TPSA) is 38.9 Å². The van der Waals surface area contributed by atoms with Crippen molar-refractivity contribution in [2.75, 3.05) is 0 Å². The Bertz CT molecular complexity index is 1960. The van der Waals surface area contributed by atoms with Crippen molar-refractivity contribution >= 4 is 44.4 Å². The van der Waals surface area contributed by atoms with E-state index in [9.17, 15) is 4.39 Å². The Morgan fingerprint density at radius 2 is 1.32 bits per heavy atom. The van der Waals surface area contributed by atoms with E-state index in [1.165, 1.54) is 6.07 Å². The molecule has 0 spiro atoms. The van der Waals surface area contributed by atoms with Crippen molar-refractivity contribution in [3.05, 3.63) is 120 Å². The average Bonchev–Trinajstić information content (AvgIpc) is 3.30. The van der Waals surface area contributed by atoms with Gasteiger partial charge >= 0.3 is 0 Å². The van der Waals surface area contributed by atoms with Gasteiger partial charge in [-0.3, -0.25) is 0 Å². The van der Waals surface area contributed by atoms with Crippen LogP contribution >= 0.6 is 11.6 Å². The molecule has 0 radical (unpaired) electrons. The van der Waals surface area contributed by atoms with Gasteiger partial charge in [0, 0.05) is 10.9 Å². The smallest absolute Gasteiger partial charge is 0.232 e. The van der Waals surface area contributed by atoms with E-state index in [1.807, 2.05) is 60.7 Å². The van der Waals surface area contributed by atoms with Crippen LogP contribution in [0.5, 0.6) is 0 Å². The van der Waals surface area contributed by atoms with E-state index in [0.29, 0.717) is 5.71 Å². The Kier molecular flexibility index (Phi) is 5.01. The third-order valence-corrected chi connectivity index (χ3v) is 6.89. The van der Waals surface area contributed by atoms with Crippen molar-refractivity contribution in [3.63, 3.8) is 0 Å². The predicted octanol–water partition coefficient (Wildman–Crippen LogP) is 9.32. The molecular formula is C32H18ClFN2O. The molecule has 0 unspecified atom stereocenters. The number of furan rings is 1.